The SMILES string of the molecule is O=C(Nc1cc2sc(=O)[nH]c2c2c1C(c1cc(F)ccc1Cl)NC2=O)c1cc(F)cc(C(F)(F)F)c1. The van der Waals surface area contributed by atoms with Crippen LogP contribution in [0, 0.1) is 11.6 Å². The summed E-state index contributed by atoms with van der Waals surface area (Å²) >= 11 is 6.97. The maximum atomic E-state index is 14.0. The summed E-state index contributed by atoms with van der Waals surface area (Å²) in [5.74, 6) is -3.70. The van der Waals surface area contributed by atoms with Crippen LogP contribution in [-0.2, 0) is 6.18 Å². The van der Waals surface area contributed by atoms with Crippen molar-refractivity contribution in [1.82, 2.24) is 10.3 Å². The van der Waals surface area contributed by atoms with E-state index in [0.29, 0.717) is 12.1 Å². The Morgan fingerprint density at radius 2 is 1.78 bits per heavy atom. The second-order valence-electron chi connectivity index (χ2n) is 7.85. The van der Waals surface area contributed by atoms with Crippen LogP contribution < -0.4 is 15.5 Å². The first-order chi connectivity index (χ1) is 16.9. The van der Waals surface area contributed by atoms with Gasteiger partial charge in [-0.3, -0.25) is 14.4 Å². The van der Waals surface area contributed by atoms with Gasteiger partial charge in [0.2, 0.25) is 0 Å². The van der Waals surface area contributed by atoms with Crippen LogP contribution in [0.5, 0.6) is 0 Å². The third-order valence-corrected chi connectivity index (χ3v) is 6.73. The summed E-state index contributed by atoms with van der Waals surface area (Å²) in [6.07, 6.45) is -4.90. The van der Waals surface area contributed by atoms with Crippen molar-refractivity contribution in [1.29, 1.82) is 0 Å². The van der Waals surface area contributed by atoms with Crippen LogP contribution in [0.4, 0.5) is 27.6 Å². The molecule has 0 aliphatic carbocycles. The molecular formula is C23H11ClF5N3O3S. The minimum absolute atomic E-state index is 0.0262. The number of anilines is 1. The van der Waals surface area contributed by atoms with Crippen molar-refractivity contribution in [2.24, 2.45) is 0 Å². The van der Waals surface area contributed by atoms with Gasteiger partial charge < -0.3 is 15.6 Å². The highest BCUT2D eigenvalue weighted by Gasteiger charge is 2.37. The van der Waals surface area contributed by atoms with Crippen LogP contribution in [-0.4, -0.2) is 16.8 Å². The number of rotatable bonds is 3. The number of fused-ring (bicyclic) bond motifs is 3. The normalized spacial score (nSPS) is 15.2. The lowest BCUT2D eigenvalue weighted by Crippen LogP contribution is -2.21. The van der Waals surface area contributed by atoms with Gasteiger partial charge in [0, 0.05) is 27.4 Å². The quantitative estimate of drug-likeness (QED) is 0.295. The van der Waals surface area contributed by atoms with Crippen LogP contribution in [0.1, 0.15) is 43.4 Å². The number of carbonyl (C=O) groups is 2. The van der Waals surface area contributed by atoms with E-state index >= 15 is 0 Å². The van der Waals surface area contributed by atoms with Crippen LogP contribution in [0.3, 0.4) is 0 Å². The predicted molar refractivity (Wildman–Crippen MR) is 123 cm³/mol. The number of aromatic amines is 1. The molecule has 0 fully saturated rings. The number of amides is 2. The third-order valence-electron chi connectivity index (χ3n) is 5.56. The second kappa shape index (κ2) is 8.42. The lowest BCUT2D eigenvalue weighted by atomic mass is 9.95. The Labute approximate surface area is 206 Å². The van der Waals surface area contributed by atoms with Crippen molar-refractivity contribution in [3.8, 4) is 0 Å². The molecule has 5 rings (SSSR count). The number of alkyl halides is 3. The zero-order chi connectivity index (χ0) is 25.9. The Morgan fingerprint density at radius 1 is 1.03 bits per heavy atom. The molecule has 0 bridgehead atoms. The molecule has 1 aromatic heterocycles. The summed E-state index contributed by atoms with van der Waals surface area (Å²) in [5.41, 5.74) is -1.66. The maximum absolute atomic E-state index is 14.0. The first kappa shape index (κ1) is 23.9. The van der Waals surface area contributed by atoms with Gasteiger partial charge in [0.1, 0.15) is 11.6 Å². The molecule has 1 unspecified atom stereocenters. The fraction of sp³-hybridized carbons (Fsp3) is 0.0870. The van der Waals surface area contributed by atoms with Gasteiger partial charge in [-0.25, -0.2) is 8.78 Å². The van der Waals surface area contributed by atoms with E-state index in [9.17, 15) is 36.3 Å². The molecule has 13 heteroatoms. The van der Waals surface area contributed by atoms with Crippen molar-refractivity contribution < 1.29 is 31.5 Å². The Morgan fingerprint density at radius 3 is 2.50 bits per heavy atom. The maximum Gasteiger partial charge on any atom is 0.416 e. The molecule has 6 nitrogen and oxygen atoms in total. The second-order valence-corrected chi connectivity index (χ2v) is 9.28. The fourth-order valence-electron chi connectivity index (χ4n) is 4.07. The number of hydrogen-bond acceptors (Lipinski definition) is 4. The molecule has 36 heavy (non-hydrogen) atoms. The largest absolute Gasteiger partial charge is 0.416 e. The zero-order valence-electron chi connectivity index (χ0n) is 17.5. The average Bonchev–Trinajstić information content (AvgIpc) is 3.33. The zero-order valence-corrected chi connectivity index (χ0v) is 19.1. The molecule has 0 radical (unpaired) electrons. The van der Waals surface area contributed by atoms with E-state index < -0.39 is 51.7 Å². The van der Waals surface area contributed by atoms with Gasteiger partial charge in [-0.15, -0.1) is 0 Å². The average molecular weight is 540 g/mol. The molecule has 1 aliphatic heterocycles. The molecule has 3 N–H and O–H groups in total. The van der Waals surface area contributed by atoms with Gasteiger partial charge in [0.15, 0.2) is 0 Å². The van der Waals surface area contributed by atoms with E-state index in [1.54, 1.807) is 0 Å². The van der Waals surface area contributed by atoms with Gasteiger partial charge in [-0.1, -0.05) is 22.9 Å². The number of hydrogen-bond donors (Lipinski definition) is 3. The third kappa shape index (κ3) is 4.11. The van der Waals surface area contributed by atoms with Gasteiger partial charge in [-0.2, -0.15) is 13.2 Å². The number of aromatic nitrogens is 1. The van der Waals surface area contributed by atoms with Crippen LogP contribution in [0.2, 0.25) is 5.02 Å². The Bertz CT molecular complexity index is 1650. The highest BCUT2D eigenvalue weighted by molar-refractivity contribution is 7.16. The molecule has 3 aromatic carbocycles. The number of thiazole rings is 1. The van der Waals surface area contributed by atoms with E-state index in [0.717, 1.165) is 23.5 Å². The van der Waals surface area contributed by atoms with Crippen LogP contribution in [0.15, 0.2) is 47.3 Å². The summed E-state index contributed by atoms with van der Waals surface area (Å²) in [6.45, 7) is 0. The van der Waals surface area contributed by atoms with Crippen molar-refractivity contribution in [3.63, 3.8) is 0 Å². The summed E-state index contributed by atoms with van der Waals surface area (Å²) in [5, 5.41) is 5.13. The Hall–Kier alpha value is -3.77. The predicted octanol–water partition coefficient (Wildman–Crippen LogP) is 5.63. The minimum Gasteiger partial charge on any atom is -0.341 e. The topological polar surface area (TPSA) is 91.1 Å². The highest BCUT2D eigenvalue weighted by Crippen LogP contribution is 2.43. The van der Waals surface area contributed by atoms with Crippen molar-refractivity contribution in [3.05, 3.63) is 96.6 Å². The van der Waals surface area contributed by atoms with E-state index in [2.05, 4.69) is 15.6 Å². The lowest BCUT2D eigenvalue weighted by Gasteiger charge is -2.18. The smallest absolute Gasteiger partial charge is 0.341 e. The molecule has 0 spiro atoms. The van der Waals surface area contributed by atoms with E-state index in [1.165, 1.54) is 12.1 Å². The number of benzene rings is 3. The first-order valence-corrected chi connectivity index (χ1v) is 11.3. The van der Waals surface area contributed by atoms with Crippen molar-refractivity contribution >= 4 is 50.7 Å². The molecule has 4 aromatic rings. The lowest BCUT2D eigenvalue weighted by molar-refractivity contribution is -0.137. The number of nitrogens with one attached hydrogen (secondary N) is 3. The van der Waals surface area contributed by atoms with Gasteiger partial charge in [-0.05, 0) is 42.5 Å². The molecule has 1 aliphatic rings. The van der Waals surface area contributed by atoms with Gasteiger partial charge >= 0.3 is 11.0 Å². The van der Waals surface area contributed by atoms with Gasteiger partial charge in [0.05, 0.1) is 27.4 Å². The monoisotopic (exact) mass is 539 g/mol. The summed E-state index contributed by atoms with van der Waals surface area (Å²) < 4.78 is 67.6. The minimum atomic E-state index is -4.90. The molecule has 1 atom stereocenters. The summed E-state index contributed by atoms with van der Waals surface area (Å²) in [6, 6.07) is 5.09. The molecule has 184 valence electrons. The molecule has 2 heterocycles. The highest BCUT2D eigenvalue weighted by atomic mass is 35.5. The summed E-state index contributed by atoms with van der Waals surface area (Å²) in [4.78, 5) is 39.9. The number of carbonyl (C=O) groups excluding carboxylic acids is 2. The van der Waals surface area contributed by atoms with E-state index in [-0.39, 0.29) is 43.7 Å². The summed E-state index contributed by atoms with van der Waals surface area (Å²) in [7, 11) is 0. The number of H-pyrrole nitrogens is 1. The fourth-order valence-corrected chi connectivity index (χ4v) is 5.08. The standard InChI is InChI=1S/C23H11ClF5N3O3S/c24-13-2-1-10(25)6-12(13)18-16-14(7-15-19(32-22(35)36-15)17(16)21(34)31-18)30-20(33)8-3-9(23(27,28)29)5-11(26)4-8/h1-7,18H,(H,30,33)(H,31,34)(H,32,35). The first-order valence-electron chi connectivity index (χ1n) is 10.1. The Kier molecular flexibility index (Phi) is 5.60. The van der Waals surface area contributed by atoms with Crippen LogP contribution in [0.25, 0.3) is 10.2 Å². The van der Waals surface area contributed by atoms with Gasteiger partial charge in [0.25, 0.3) is 11.8 Å². The molecule has 2 amide bonds. The number of halogens is 6. The van der Waals surface area contributed by atoms with Crippen LogP contribution >= 0.6 is 22.9 Å². The van der Waals surface area contributed by atoms with E-state index in [1.807, 2.05) is 0 Å². The Balaban J connectivity index is 1.68. The molecular weight excluding hydrogens is 529 g/mol. The van der Waals surface area contributed by atoms with Crippen molar-refractivity contribution in [2.45, 2.75) is 12.2 Å². The molecule has 0 saturated heterocycles. The van der Waals surface area contributed by atoms with E-state index in [4.69, 9.17) is 11.6 Å². The molecule has 0 saturated carbocycles. The van der Waals surface area contributed by atoms with Crippen molar-refractivity contribution in [2.75, 3.05) is 5.32 Å².